The zero-order valence-corrected chi connectivity index (χ0v) is 15.9. The molecule has 1 saturated heterocycles. The predicted molar refractivity (Wildman–Crippen MR) is 106 cm³/mol. The molecule has 0 atom stereocenters. The summed E-state index contributed by atoms with van der Waals surface area (Å²) in [6.45, 7) is 3.51. The summed E-state index contributed by atoms with van der Waals surface area (Å²) in [6, 6.07) is 1.85. The fraction of sp³-hybridized carbons (Fsp3) is 0.444. The summed E-state index contributed by atoms with van der Waals surface area (Å²) in [5.41, 5.74) is 1.46. The van der Waals surface area contributed by atoms with Crippen molar-refractivity contribution in [2.24, 2.45) is 0 Å². The third-order valence-electron chi connectivity index (χ3n) is 5.18. The van der Waals surface area contributed by atoms with Gasteiger partial charge in [0.15, 0.2) is 0 Å². The maximum Gasteiger partial charge on any atom is 0.225 e. The molecule has 2 aliphatic rings. The molecule has 6 nitrogen and oxygen atoms in total. The van der Waals surface area contributed by atoms with Gasteiger partial charge in [-0.3, -0.25) is 0 Å². The van der Waals surface area contributed by atoms with Crippen LogP contribution in [-0.4, -0.2) is 46.1 Å². The minimum atomic E-state index is 0.347. The summed E-state index contributed by atoms with van der Waals surface area (Å²) in [7, 11) is 0. The van der Waals surface area contributed by atoms with Gasteiger partial charge in [0.25, 0.3) is 0 Å². The highest BCUT2D eigenvalue weighted by Gasteiger charge is 2.26. The Bertz CT molecular complexity index is 936. The number of anilines is 2. The quantitative estimate of drug-likeness (QED) is 0.629. The van der Waals surface area contributed by atoms with Crippen molar-refractivity contribution in [3.05, 3.63) is 34.2 Å². The Hall–Kier alpha value is -1.99. The van der Waals surface area contributed by atoms with Gasteiger partial charge in [-0.05, 0) is 48.9 Å². The first-order chi connectivity index (χ1) is 12.8. The average Bonchev–Trinajstić information content (AvgIpc) is 3.06. The topological polar surface area (TPSA) is 58.0 Å². The summed E-state index contributed by atoms with van der Waals surface area (Å²) < 4.78 is 0. The van der Waals surface area contributed by atoms with Gasteiger partial charge in [0.05, 0.1) is 5.39 Å². The van der Waals surface area contributed by atoms with Gasteiger partial charge in [-0.15, -0.1) is 11.3 Å². The van der Waals surface area contributed by atoms with E-state index in [0.29, 0.717) is 5.28 Å². The molecule has 0 N–H and O–H groups in total. The van der Waals surface area contributed by atoms with Crippen LogP contribution in [0.15, 0.2) is 18.5 Å². The molecule has 4 heterocycles. The molecule has 134 valence electrons. The number of halogens is 1. The second-order valence-corrected chi connectivity index (χ2v) is 8.15. The van der Waals surface area contributed by atoms with E-state index in [1.165, 1.54) is 28.7 Å². The van der Waals surface area contributed by atoms with Crippen LogP contribution in [0.1, 0.15) is 23.3 Å². The maximum atomic E-state index is 6.26. The van der Waals surface area contributed by atoms with E-state index in [2.05, 4.69) is 29.7 Å². The first-order valence-corrected chi connectivity index (χ1v) is 10.2. The second kappa shape index (κ2) is 6.63. The van der Waals surface area contributed by atoms with Crippen molar-refractivity contribution < 1.29 is 0 Å². The molecule has 0 bridgehead atoms. The minimum Gasteiger partial charge on any atom is -0.352 e. The van der Waals surface area contributed by atoms with E-state index < -0.39 is 0 Å². The van der Waals surface area contributed by atoms with E-state index in [1.54, 1.807) is 23.7 Å². The van der Waals surface area contributed by atoms with Gasteiger partial charge in [-0.2, -0.15) is 4.98 Å². The van der Waals surface area contributed by atoms with Gasteiger partial charge in [0, 0.05) is 43.4 Å². The number of hydrogen-bond acceptors (Lipinski definition) is 7. The van der Waals surface area contributed by atoms with Crippen molar-refractivity contribution in [1.82, 2.24) is 19.9 Å². The molecule has 5 rings (SSSR count). The molecule has 1 aliphatic carbocycles. The van der Waals surface area contributed by atoms with Crippen molar-refractivity contribution in [3.8, 4) is 0 Å². The molecular weight excluding hydrogens is 368 g/mol. The van der Waals surface area contributed by atoms with Crippen LogP contribution in [0.4, 0.5) is 11.8 Å². The summed E-state index contributed by atoms with van der Waals surface area (Å²) in [5, 5.41) is 1.58. The van der Waals surface area contributed by atoms with E-state index >= 15 is 0 Å². The van der Waals surface area contributed by atoms with Crippen LogP contribution in [0.3, 0.4) is 0 Å². The fourth-order valence-electron chi connectivity index (χ4n) is 3.91. The molecule has 0 radical (unpaired) electrons. The van der Waals surface area contributed by atoms with Crippen LogP contribution < -0.4 is 9.80 Å². The number of aromatic nitrogens is 4. The number of fused-ring (bicyclic) bond motifs is 3. The van der Waals surface area contributed by atoms with E-state index in [9.17, 15) is 0 Å². The van der Waals surface area contributed by atoms with E-state index in [0.717, 1.165) is 55.6 Å². The van der Waals surface area contributed by atoms with Gasteiger partial charge in [-0.25, -0.2) is 15.0 Å². The van der Waals surface area contributed by atoms with Crippen LogP contribution in [-0.2, 0) is 12.8 Å². The van der Waals surface area contributed by atoms with Crippen LogP contribution in [0, 0.1) is 0 Å². The predicted octanol–water partition coefficient (Wildman–Crippen LogP) is 3.34. The van der Waals surface area contributed by atoms with Crippen molar-refractivity contribution in [3.63, 3.8) is 0 Å². The molecule has 1 fully saturated rings. The number of aryl methyl sites for hydroxylation is 2. The number of nitrogens with zero attached hydrogens (tertiary/aromatic N) is 6. The first kappa shape index (κ1) is 16.2. The van der Waals surface area contributed by atoms with Gasteiger partial charge in [-0.1, -0.05) is 0 Å². The zero-order valence-electron chi connectivity index (χ0n) is 14.4. The highest BCUT2D eigenvalue weighted by atomic mass is 35.5. The Kier molecular flexibility index (Phi) is 4.13. The molecule has 3 aromatic heterocycles. The molecule has 26 heavy (non-hydrogen) atoms. The number of thiophene rings is 1. The monoisotopic (exact) mass is 386 g/mol. The number of hydrogen-bond donors (Lipinski definition) is 0. The Morgan fingerprint density at radius 3 is 2.46 bits per heavy atom. The highest BCUT2D eigenvalue weighted by molar-refractivity contribution is 7.19. The Morgan fingerprint density at radius 1 is 0.923 bits per heavy atom. The van der Waals surface area contributed by atoms with Crippen LogP contribution in [0.5, 0.6) is 0 Å². The molecule has 0 spiro atoms. The largest absolute Gasteiger partial charge is 0.352 e. The van der Waals surface area contributed by atoms with Crippen LogP contribution in [0.25, 0.3) is 10.2 Å². The molecule has 3 aromatic rings. The lowest BCUT2D eigenvalue weighted by Crippen LogP contribution is -2.47. The second-order valence-electron chi connectivity index (χ2n) is 6.73. The van der Waals surface area contributed by atoms with Crippen molar-refractivity contribution in [2.75, 3.05) is 36.0 Å². The third-order valence-corrected chi connectivity index (χ3v) is 6.54. The summed E-state index contributed by atoms with van der Waals surface area (Å²) in [6.07, 6.45) is 8.39. The fourth-order valence-corrected chi connectivity index (χ4v) is 5.38. The average molecular weight is 387 g/mol. The molecule has 0 unspecified atom stereocenters. The number of piperazine rings is 1. The lowest BCUT2D eigenvalue weighted by Gasteiger charge is -2.35. The lowest BCUT2D eigenvalue weighted by atomic mass is 9.97. The van der Waals surface area contributed by atoms with Gasteiger partial charge >= 0.3 is 0 Å². The summed E-state index contributed by atoms with van der Waals surface area (Å²) >= 11 is 8.06. The number of rotatable bonds is 2. The van der Waals surface area contributed by atoms with Crippen LogP contribution >= 0.6 is 22.9 Å². The molecule has 0 aromatic carbocycles. The smallest absolute Gasteiger partial charge is 0.225 e. The van der Waals surface area contributed by atoms with Crippen molar-refractivity contribution >= 4 is 44.9 Å². The SMILES string of the molecule is Clc1nc(N2CCN(c3ncccn3)CC2)c2c3c(sc2n1)CCCC3. The molecule has 0 amide bonds. The van der Waals surface area contributed by atoms with Crippen molar-refractivity contribution in [1.29, 1.82) is 0 Å². The summed E-state index contributed by atoms with van der Waals surface area (Å²) in [5.74, 6) is 1.80. The van der Waals surface area contributed by atoms with Gasteiger partial charge in [0.2, 0.25) is 11.2 Å². The zero-order chi connectivity index (χ0) is 17.5. The van der Waals surface area contributed by atoms with Gasteiger partial charge in [0.1, 0.15) is 10.6 Å². The Balaban J connectivity index is 1.47. The third kappa shape index (κ3) is 2.79. The first-order valence-electron chi connectivity index (χ1n) is 9.04. The Labute approximate surface area is 160 Å². The highest BCUT2D eigenvalue weighted by Crippen LogP contribution is 2.40. The molecular formula is C18H19ClN6S. The normalized spacial score (nSPS) is 17.6. The van der Waals surface area contributed by atoms with E-state index in [1.807, 2.05) is 6.07 Å². The van der Waals surface area contributed by atoms with E-state index in [4.69, 9.17) is 11.6 Å². The van der Waals surface area contributed by atoms with E-state index in [-0.39, 0.29) is 0 Å². The van der Waals surface area contributed by atoms with Crippen molar-refractivity contribution in [2.45, 2.75) is 25.7 Å². The maximum absolute atomic E-state index is 6.26. The molecule has 0 saturated carbocycles. The van der Waals surface area contributed by atoms with Crippen LogP contribution in [0.2, 0.25) is 5.28 Å². The Morgan fingerprint density at radius 2 is 1.65 bits per heavy atom. The molecule has 8 heteroatoms. The summed E-state index contributed by atoms with van der Waals surface area (Å²) in [4.78, 5) is 25.0. The lowest BCUT2D eigenvalue weighted by molar-refractivity contribution is 0.635. The molecule has 1 aliphatic heterocycles. The standard InChI is InChI=1S/C18H19ClN6S/c19-17-22-15(14-12-4-1-2-5-13(12)26-16(14)23-17)24-8-10-25(11-9-24)18-20-6-3-7-21-18/h3,6-7H,1-2,4-5,8-11H2. The minimum absolute atomic E-state index is 0.347. The van der Waals surface area contributed by atoms with Gasteiger partial charge < -0.3 is 9.80 Å².